The van der Waals surface area contributed by atoms with Gasteiger partial charge < -0.3 is 15.5 Å². The van der Waals surface area contributed by atoms with Gasteiger partial charge in [0.1, 0.15) is 5.60 Å². The Kier molecular flexibility index (Phi) is 3.04. The molecule has 0 aromatic rings. The zero-order chi connectivity index (χ0) is 13.6. The summed E-state index contributed by atoms with van der Waals surface area (Å²) in [6.45, 7) is 0. The lowest BCUT2D eigenvalue weighted by Gasteiger charge is -2.42. The van der Waals surface area contributed by atoms with Crippen LogP contribution in [0.25, 0.3) is 0 Å². The summed E-state index contributed by atoms with van der Waals surface area (Å²) in [4.78, 5) is 23.1. The first-order valence-corrected chi connectivity index (χ1v) is 7.26. The van der Waals surface area contributed by atoms with Crippen LogP contribution in [0, 0.1) is 17.8 Å². The number of hydrogen-bond acceptors (Lipinski definition) is 3. The Morgan fingerprint density at radius 3 is 2.42 bits per heavy atom. The predicted octanol–water partition coefficient (Wildman–Crippen LogP) is 0.907. The molecule has 3 rings (SSSR count). The number of nitrogens with one attached hydrogen (secondary N) is 1. The number of rotatable bonds is 3. The van der Waals surface area contributed by atoms with E-state index >= 15 is 0 Å². The van der Waals surface area contributed by atoms with Crippen LogP contribution in [-0.2, 0) is 9.59 Å². The fraction of sp³-hybridized carbons (Fsp3) is 0.857. The molecule has 3 aliphatic carbocycles. The van der Waals surface area contributed by atoms with Crippen LogP contribution in [0.2, 0.25) is 0 Å². The van der Waals surface area contributed by atoms with Crippen molar-refractivity contribution in [1.82, 2.24) is 5.32 Å². The van der Waals surface area contributed by atoms with Crippen molar-refractivity contribution in [3.05, 3.63) is 0 Å². The van der Waals surface area contributed by atoms with E-state index in [1.54, 1.807) is 0 Å². The molecule has 0 heterocycles. The van der Waals surface area contributed by atoms with E-state index in [1.165, 1.54) is 0 Å². The SMILES string of the molecule is O=C(O)C1C[C@@H]2C[C@H](NC(=O)C3(O)CCCC3)[C@@H]2C1. The lowest BCUT2D eigenvalue weighted by Crippen LogP contribution is -2.56. The smallest absolute Gasteiger partial charge is 0.306 e. The average molecular weight is 267 g/mol. The van der Waals surface area contributed by atoms with Crippen molar-refractivity contribution in [2.45, 2.75) is 56.6 Å². The van der Waals surface area contributed by atoms with E-state index in [-0.39, 0.29) is 17.9 Å². The van der Waals surface area contributed by atoms with Crippen molar-refractivity contribution in [3.63, 3.8) is 0 Å². The molecule has 5 nitrogen and oxygen atoms in total. The molecule has 5 heteroatoms. The van der Waals surface area contributed by atoms with Crippen LogP contribution in [0.5, 0.6) is 0 Å². The van der Waals surface area contributed by atoms with E-state index in [4.69, 9.17) is 5.11 Å². The minimum atomic E-state index is -1.17. The molecular weight excluding hydrogens is 246 g/mol. The number of hydrogen-bond donors (Lipinski definition) is 3. The number of aliphatic hydroxyl groups is 1. The minimum absolute atomic E-state index is 0.0754. The highest BCUT2D eigenvalue weighted by atomic mass is 16.4. The van der Waals surface area contributed by atoms with Crippen molar-refractivity contribution in [2.75, 3.05) is 0 Å². The second-order valence-electron chi connectivity index (χ2n) is 6.48. The number of carbonyl (C=O) groups is 2. The van der Waals surface area contributed by atoms with Crippen LogP contribution in [-0.4, -0.2) is 33.7 Å². The molecule has 19 heavy (non-hydrogen) atoms. The Bertz CT molecular complexity index is 402. The number of fused-ring (bicyclic) bond motifs is 1. The maximum absolute atomic E-state index is 12.1. The van der Waals surface area contributed by atoms with Crippen molar-refractivity contribution in [3.8, 4) is 0 Å². The first-order chi connectivity index (χ1) is 8.99. The maximum atomic E-state index is 12.1. The van der Waals surface area contributed by atoms with Gasteiger partial charge in [-0.15, -0.1) is 0 Å². The van der Waals surface area contributed by atoms with Gasteiger partial charge in [0.2, 0.25) is 0 Å². The van der Waals surface area contributed by atoms with Gasteiger partial charge in [-0.3, -0.25) is 9.59 Å². The highest BCUT2D eigenvalue weighted by Gasteiger charge is 2.51. The van der Waals surface area contributed by atoms with Gasteiger partial charge in [0.25, 0.3) is 5.91 Å². The molecule has 0 aromatic carbocycles. The summed E-state index contributed by atoms with van der Waals surface area (Å²) < 4.78 is 0. The van der Waals surface area contributed by atoms with Crippen molar-refractivity contribution < 1.29 is 19.8 Å². The van der Waals surface area contributed by atoms with Crippen molar-refractivity contribution in [2.24, 2.45) is 17.8 Å². The molecule has 3 fully saturated rings. The van der Waals surface area contributed by atoms with Crippen LogP contribution in [0.4, 0.5) is 0 Å². The number of amides is 1. The first kappa shape index (κ1) is 12.9. The monoisotopic (exact) mass is 267 g/mol. The predicted molar refractivity (Wildman–Crippen MR) is 67.3 cm³/mol. The molecule has 3 aliphatic rings. The molecule has 3 saturated carbocycles. The van der Waals surface area contributed by atoms with Crippen LogP contribution >= 0.6 is 0 Å². The summed E-state index contributed by atoms with van der Waals surface area (Å²) in [5.74, 6) is -0.452. The number of carboxylic acids is 1. The first-order valence-electron chi connectivity index (χ1n) is 7.26. The Balaban J connectivity index is 1.55. The largest absolute Gasteiger partial charge is 0.481 e. The molecule has 1 unspecified atom stereocenters. The Morgan fingerprint density at radius 1 is 1.11 bits per heavy atom. The van der Waals surface area contributed by atoms with Gasteiger partial charge in [0, 0.05) is 6.04 Å². The van der Waals surface area contributed by atoms with Gasteiger partial charge >= 0.3 is 5.97 Å². The van der Waals surface area contributed by atoms with Crippen molar-refractivity contribution in [1.29, 1.82) is 0 Å². The van der Waals surface area contributed by atoms with E-state index in [0.29, 0.717) is 31.1 Å². The summed E-state index contributed by atoms with van der Waals surface area (Å²) >= 11 is 0. The van der Waals surface area contributed by atoms with E-state index in [9.17, 15) is 14.7 Å². The third kappa shape index (κ3) is 2.14. The summed E-state index contributed by atoms with van der Waals surface area (Å²) in [5.41, 5.74) is -1.17. The summed E-state index contributed by atoms with van der Waals surface area (Å²) in [6, 6.07) is 0.0754. The summed E-state index contributed by atoms with van der Waals surface area (Å²) in [6.07, 6.45) is 5.20. The summed E-state index contributed by atoms with van der Waals surface area (Å²) in [7, 11) is 0. The van der Waals surface area contributed by atoms with Crippen LogP contribution in [0.1, 0.15) is 44.9 Å². The Morgan fingerprint density at radius 2 is 1.79 bits per heavy atom. The normalized spacial score (nSPS) is 39.4. The molecule has 0 saturated heterocycles. The van der Waals surface area contributed by atoms with Crippen LogP contribution in [0.15, 0.2) is 0 Å². The fourth-order valence-corrected chi connectivity index (χ4v) is 4.08. The number of carboxylic acid groups (broad SMARTS) is 1. The van der Waals surface area contributed by atoms with Gasteiger partial charge in [-0.25, -0.2) is 0 Å². The lowest BCUT2D eigenvalue weighted by molar-refractivity contribution is -0.141. The molecule has 0 spiro atoms. The number of carbonyl (C=O) groups excluding carboxylic acids is 1. The zero-order valence-electron chi connectivity index (χ0n) is 11.0. The number of aliphatic carboxylic acids is 1. The van der Waals surface area contributed by atoms with E-state index in [0.717, 1.165) is 25.7 Å². The van der Waals surface area contributed by atoms with Crippen LogP contribution < -0.4 is 5.32 Å². The highest BCUT2D eigenvalue weighted by molar-refractivity contribution is 5.85. The molecule has 0 aliphatic heterocycles. The molecule has 106 valence electrons. The fourth-order valence-electron chi connectivity index (χ4n) is 4.08. The topological polar surface area (TPSA) is 86.6 Å². The molecule has 1 amide bonds. The minimum Gasteiger partial charge on any atom is -0.481 e. The van der Waals surface area contributed by atoms with Gasteiger partial charge in [-0.1, -0.05) is 0 Å². The second kappa shape index (κ2) is 4.47. The van der Waals surface area contributed by atoms with Crippen LogP contribution in [0.3, 0.4) is 0 Å². The van der Waals surface area contributed by atoms with Crippen molar-refractivity contribution >= 4 is 11.9 Å². The molecular formula is C14H21NO4. The van der Waals surface area contributed by atoms with E-state index in [1.807, 2.05) is 0 Å². The molecule has 0 radical (unpaired) electrons. The average Bonchev–Trinajstić information content (AvgIpc) is 2.91. The van der Waals surface area contributed by atoms with Gasteiger partial charge in [-0.2, -0.15) is 0 Å². The van der Waals surface area contributed by atoms with E-state index in [2.05, 4.69) is 5.32 Å². The van der Waals surface area contributed by atoms with Gasteiger partial charge in [0.05, 0.1) is 5.92 Å². The molecule has 0 aromatic heterocycles. The standard InChI is InChI=1S/C14H21NO4/c16-12(17)9-5-8-7-11(10(8)6-9)15-13(18)14(19)3-1-2-4-14/h8-11,19H,1-7H2,(H,15,18)(H,16,17)/t8-,9?,10-,11+/m1/s1. The molecule has 0 bridgehead atoms. The molecule has 3 N–H and O–H groups in total. The molecule has 4 atom stereocenters. The third-order valence-corrected chi connectivity index (χ3v) is 5.34. The Labute approximate surface area is 112 Å². The highest BCUT2D eigenvalue weighted by Crippen LogP contribution is 2.50. The summed E-state index contributed by atoms with van der Waals surface area (Å²) in [5, 5.41) is 22.2. The van der Waals surface area contributed by atoms with Gasteiger partial charge in [0.15, 0.2) is 0 Å². The maximum Gasteiger partial charge on any atom is 0.306 e. The Hall–Kier alpha value is -1.10. The van der Waals surface area contributed by atoms with E-state index < -0.39 is 11.6 Å². The van der Waals surface area contributed by atoms with Gasteiger partial charge in [-0.05, 0) is 56.8 Å². The second-order valence-corrected chi connectivity index (χ2v) is 6.48. The third-order valence-electron chi connectivity index (χ3n) is 5.34. The zero-order valence-corrected chi connectivity index (χ0v) is 11.0. The lowest BCUT2D eigenvalue weighted by atomic mass is 9.71. The quantitative estimate of drug-likeness (QED) is 0.709.